The Morgan fingerprint density at radius 2 is 1.81 bits per heavy atom. The maximum Gasteiger partial charge on any atom is 0.300 e. The lowest BCUT2D eigenvalue weighted by Gasteiger charge is -2.02. The minimum atomic E-state index is 0.384. The normalized spacial score (nSPS) is 11.5. The Morgan fingerprint density at radius 1 is 0.963 bits per heavy atom. The fourth-order valence-corrected chi connectivity index (χ4v) is 3.47. The molecule has 0 aliphatic rings. The number of hydrogen-bond acceptors (Lipinski definition) is 5. The van der Waals surface area contributed by atoms with Gasteiger partial charge in [-0.25, -0.2) is 9.97 Å². The van der Waals surface area contributed by atoms with Crippen molar-refractivity contribution in [3.05, 3.63) is 65.4 Å². The fourth-order valence-electron chi connectivity index (χ4n) is 3.26. The van der Waals surface area contributed by atoms with Crippen molar-refractivity contribution in [2.75, 3.05) is 5.32 Å². The number of fused-ring (bicyclic) bond motifs is 2. The molecule has 0 unspecified atom stereocenters. The molecule has 0 aromatic carbocycles. The zero-order valence-electron chi connectivity index (χ0n) is 14.6. The van der Waals surface area contributed by atoms with E-state index in [0.717, 1.165) is 28.5 Å². The average Bonchev–Trinajstić information content (AvgIpc) is 3.32. The third-order valence-corrected chi connectivity index (χ3v) is 4.75. The molecule has 134 valence electrons. The Hall–Kier alpha value is -3.32. The summed E-state index contributed by atoms with van der Waals surface area (Å²) in [6.45, 7) is 3.87. The second-order valence-electron chi connectivity index (χ2n) is 6.23. The molecule has 1 N–H and O–H groups in total. The number of pyridine rings is 2. The van der Waals surface area contributed by atoms with Gasteiger partial charge in [0.05, 0.1) is 22.1 Å². The van der Waals surface area contributed by atoms with Gasteiger partial charge in [0.25, 0.3) is 0 Å². The van der Waals surface area contributed by atoms with Crippen LogP contribution in [0.3, 0.4) is 0 Å². The van der Waals surface area contributed by atoms with E-state index in [2.05, 4.69) is 20.3 Å². The third-order valence-electron chi connectivity index (χ3n) is 4.45. The highest BCUT2D eigenvalue weighted by Gasteiger charge is 2.18. The number of halogens is 1. The standard InChI is InChI=1S/C19H15ClN6O/c1-11-16(26-9-5-6-13(20)18(26)22-11)14-10-27-19(23-14)24-17-12(2)21-15-7-3-4-8-25(15)17/h3-10H,1-2H3,(H,23,24). The Bertz CT molecular complexity index is 1300. The quantitative estimate of drug-likeness (QED) is 0.494. The fraction of sp³-hybridized carbons (Fsp3) is 0.105. The van der Waals surface area contributed by atoms with Gasteiger partial charge in [-0.1, -0.05) is 17.7 Å². The highest BCUT2D eigenvalue weighted by Crippen LogP contribution is 2.29. The highest BCUT2D eigenvalue weighted by atomic mass is 35.5. The van der Waals surface area contributed by atoms with Crippen LogP contribution in [0.4, 0.5) is 11.8 Å². The molecule has 7 nitrogen and oxygen atoms in total. The minimum Gasteiger partial charge on any atom is -0.431 e. The number of rotatable bonds is 3. The van der Waals surface area contributed by atoms with E-state index in [1.807, 2.05) is 65.4 Å². The van der Waals surface area contributed by atoms with Gasteiger partial charge in [0, 0.05) is 12.4 Å². The predicted molar refractivity (Wildman–Crippen MR) is 104 cm³/mol. The summed E-state index contributed by atoms with van der Waals surface area (Å²) in [5.41, 5.74) is 4.77. The lowest BCUT2D eigenvalue weighted by molar-refractivity contribution is 0.577. The molecule has 0 radical (unpaired) electrons. The lowest BCUT2D eigenvalue weighted by Crippen LogP contribution is -1.97. The number of nitrogens with one attached hydrogen (secondary N) is 1. The number of oxazole rings is 1. The molecule has 8 heteroatoms. The van der Waals surface area contributed by atoms with E-state index in [1.54, 1.807) is 6.26 Å². The second kappa shape index (κ2) is 5.85. The summed E-state index contributed by atoms with van der Waals surface area (Å²) in [7, 11) is 0. The summed E-state index contributed by atoms with van der Waals surface area (Å²) in [6.07, 6.45) is 5.46. The first-order valence-corrected chi connectivity index (χ1v) is 8.79. The summed E-state index contributed by atoms with van der Waals surface area (Å²) >= 11 is 6.25. The van der Waals surface area contributed by atoms with Crippen LogP contribution in [0.1, 0.15) is 11.4 Å². The van der Waals surface area contributed by atoms with Crippen molar-refractivity contribution in [3.63, 3.8) is 0 Å². The van der Waals surface area contributed by atoms with Crippen LogP contribution in [0.5, 0.6) is 0 Å². The van der Waals surface area contributed by atoms with Gasteiger partial charge in [-0.2, -0.15) is 4.98 Å². The van der Waals surface area contributed by atoms with Gasteiger partial charge in [0.15, 0.2) is 5.65 Å². The van der Waals surface area contributed by atoms with E-state index in [-0.39, 0.29) is 0 Å². The van der Waals surface area contributed by atoms with Crippen LogP contribution in [0, 0.1) is 13.8 Å². The number of imidazole rings is 2. The van der Waals surface area contributed by atoms with E-state index in [4.69, 9.17) is 16.0 Å². The van der Waals surface area contributed by atoms with Crippen molar-refractivity contribution in [1.29, 1.82) is 0 Å². The van der Waals surface area contributed by atoms with Crippen LogP contribution in [0.2, 0.25) is 5.02 Å². The Balaban J connectivity index is 1.57. The van der Waals surface area contributed by atoms with Crippen LogP contribution >= 0.6 is 11.6 Å². The van der Waals surface area contributed by atoms with E-state index >= 15 is 0 Å². The molecule has 5 heterocycles. The summed E-state index contributed by atoms with van der Waals surface area (Å²) in [5.74, 6) is 0.817. The van der Waals surface area contributed by atoms with Gasteiger partial charge in [-0.3, -0.25) is 14.1 Å². The van der Waals surface area contributed by atoms with E-state index < -0.39 is 0 Å². The zero-order valence-corrected chi connectivity index (χ0v) is 15.4. The number of anilines is 2. The molecular weight excluding hydrogens is 364 g/mol. The maximum absolute atomic E-state index is 6.25. The molecule has 0 bridgehead atoms. The first kappa shape index (κ1) is 15.9. The van der Waals surface area contributed by atoms with E-state index in [0.29, 0.717) is 22.4 Å². The molecular formula is C19H15ClN6O. The van der Waals surface area contributed by atoms with Gasteiger partial charge >= 0.3 is 6.01 Å². The van der Waals surface area contributed by atoms with Crippen molar-refractivity contribution in [2.45, 2.75) is 13.8 Å². The zero-order chi connectivity index (χ0) is 18.5. The maximum atomic E-state index is 6.25. The SMILES string of the molecule is Cc1nc2ccccn2c1Nc1nc(-c2c(C)nc3c(Cl)cccn23)co1. The number of aromatic nitrogens is 5. The van der Waals surface area contributed by atoms with Crippen molar-refractivity contribution >= 4 is 34.7 Å². The smallest absolute Gasteiger partial charge is 0.300 e. The molecule has 0 saturated carbocycles. The van der Waals surface area contributed by atoms with Crippen molar-refractivity contribution in [2.24, 2.45) is 0 Å². The average molecular weight is 379 g/mol. The molecule has 0 atom stereocenters. The van der Waals surface area contributed by atoms with Crippen LogP contribution in [-0.2, 0) is 0 Å². The van der Waals surface area contributed by atoms with Gasteiger partial charge in [-0.15, -0.1) is 0 Å². The largest absolute Gasteiger partial charge is 0.431 e. The van der Waals surface area contributed by atoms with Gasteiger partial charge in [0.1, 0.15) is 23.4 Å². The second-order valence-corrected chi connectivity index (χ2v) is 6.64. The number of hydrogen-bond donors (Lipinski definition) is 1. The van der Waals surface area contributed by atoms with E-state index in [1.165, 1.54) is 0 Å². The van der Waals surface area contributed by atoms with Gasteiger partial charge in [0.2, 0.25) is 0 Å². The first-order valence-electron chi connectivity index (χ1n) is 8.41. The van der Waals surface area contributed by atoms with Crippen LogP contribution in [0.15, 0.2) is 53.4 Å². The third kappa shape index (κ3) is 2.47. The number of nitrogens with zero attached hydrogens (tertiary/aromatic N) is 5. The topological polar surface area (TPSA) is 72.7 Å². The predicted octanol–water partition coefficient (Wildman–Crippen LogP) is 4.65. The van der Waals surface area contributed by atoms with Crippen LogP contribution < -0.4 is 5.32 Å². The van der Waals surface area contributed by atoms with Crippen LogP contribution in [0.25, 0.3) is 22.7 Å². The Labute approximate surface area is 159 Å². The Kier molecular flexibility index (Phi) is 3.45. The molecule has 0 amide bonds. The molecule has 5 rings (SSSR count). The number of aryl methyl sites for hydroxylation is 2. The van der Waals surface area contributed by atoms with E-state index in [9.17, 15) is 0 Å². The molecule has 5 aromatic heterocycles. The Morgan fingerprint density at radius 3 is 2.70 bits per heavy atom. The first-order chi connectivity index (χ1) is 13.1. The molecule has 0 spiro atoms. The van der Waals surface area contributed by atoms with Crippen LogP contribution in [-0.4, -0.2) is 23.8 Å². The van der Waals surface area contributed by atoms with Crippen molar-refractivity contribution in [1.82, 2.24) is 23.8 Å². The summed E-state index contributed by atoms with van der Waals surface area (Å²) in [5, 5.41) is 3.82. The van der Waals surface area contributed by atoms with Gasteiger partial charge < -0.3 is 4.42 Å². The minimum absolute atomic E-state index is 0.384. The molecule has 0 saturated heterocycles. The summed E-state index contributed by atoms with van der Waals surface area (Å²) < 4.78 is 9.53. The molecule has 0 aliphatic carbocycles. The van der Waals surface area contributed by atoms with Gasteiger partial charge in [-0.05, 0) is 38.1 Å². The lowest BCUT2D eigenvalue weighted by atomic mass is 10.3. The molecule has 0 fully saturated rings. The van der Waals surface area contributed by atoms with Crippen molar-refractivity contribution < 1.29 is 4.42 Å². The molecule has 27 heavy (non-hydrogen) atoms. The molecule has 5 aromatic rings. The van der Waals surface area contributed by atoms with Crippen molar-refractivity contribution in [3.8, 4) is 11.4 Å². The summed E-state index contributed by atoms with van der Waals surface area (Å²) in [6, 6.07) is 9.93. The summed E-state index contributed by atoms with van der Waals surface area (Å²) in [4.78, 5) is 13.7. The highest BCUT2D eigenvalue weighted by molar-refractivity contribution is 6.33. The molecule has 0 aliphatic heterocycles. The monoisotopic (exact) mass is 378 g/mol.